The third kappa shape index (κ3) is 4.90. The van der Waals surface area contributed by atoms with Crippen LogP contribution in [0.2, 0.25) is 0 Å². The summed E-state index contributed by atoms with van der Waals surface area (Å²) < 4.78 is 45.2. The molecule has 0 spiro atoms. The van der Waals surface area contributed by atoms with Gasteiger partial charge < -0.3 is 0 Å². The summed E-state index contributed by atoms with van der Waals surface area (Å²) in [4.78, 5) is 15.8. The molecule has 1 saturated carbocycles. The van der Waals surface area contributed by atoms with Crippen molar-refractivity contribution < 1.29 is 13.2 Å². The minimum absolute atomic E-state index is 0.00876. The normalized spacial score (nSPS) is 19.9. The summed E-state index contributed by atoms with van der Waals surface area (Å²) in [7, 11) is 0. The Labute approximate surface area is 224 Å². The van der Waals surface area contributed by atoms with E-state index in [0.29, 0.717) is 29.6 Å². The number of hydrogen-bond acceptors (Lipinski definition) is 4. The molecule has 1 saturated heterocycles. The predicted molar refractivity (Wildman–Crippen MR) is 142 cm³/mol. The first kappa shape index (κ1) is 25.9. The van der Waals surface area contributed by atoms with Crippen molar-refractivity contribution in [2.75, 3.05) is 13.1 Å². The molecule has 4 heterocycles. The third-order valence-corrected chi connectivity index (χ3v) is 8.46. The Kier molecular flexibility index (Phi) is 6.61. The Balaban J connectivity index is 1.42. The van der Waals surface area contributed by atoms with Crippen LogP contribution in [-0.2, 0) is 12.7 Å². The SMILES string of the molecule is Cc1n[nH]nc1[C@H](c1cccc(-n2cc3c(C(F)(F)F)cc(CN4CCC[C@H](C)C4)cn3c2=O)c1)C1CCC1. The molecule has 206 valence electrons. The zero-order valence-electron chi connectivity index (χ0n) is 22.2. The van der Waals surface area contributed by atoms with Gasteiger partial charge in [-0.2, -0.15) is 28.6 Å². The summed E-state index contributed by atoms with van der Waals surface area (Å²) in [5.74, 6) is 0.922. The van der Waals surface area contributed by atoms with Crippen molar-refractivity contribution >= 4 is 5.52 Å². The molecule has 3 aromatic heterocycles. The average Bonchev–Trinajstić information content (AvgIpc) is 3.43. The van der Waals surface area contributed by atoms with Crippen LogP contribution in [-0.4, -0.2) is 42.4 Å². The molecular formula is C29H33F3N6O. The highest BCUT2D eigenvalue weighted by molar-refractivity contribution is 5.58. The van der Waals surface area contributed by atoms with E-state index in [1.165, 1.54) is 16.8 Å². The van der Waals surface area contributed by atoms with Gasteiger partial charge in [0.15, 0.2) is 0 Å². The van der Waals surface area contributed by atoms with Gasteiger partial charge in [0, 0.05) is 31.4 Å². The van der Waals surface area contributed by atoms with Crippen molar-refractivity contribution in [2.24, 2.45) is 11.8 Å². The smallest absolute Gasteiger partial charge is 0.299 e. The summed E-state index contributed by atoms with van der Waals surface area (Å²) >= 11 is 0. The second-order valence-electron chi connectivity index (χ2n) is 11.3. The van der Waals surface area contributed by atoms with E-state index in [1.54, 1.807) is 12.3 Å². The quantitative estimate of drug-likeness (QED) is 0.342. The number of aromatic nitrogens is 5. The standard InChI is InChI=1S/C29H33F3N6O/c1-18-6-5-11-36(14-18)15-20-12-24(29(30,31)32)25-17-37(28(39)38(25)16-20)23-10-4-9-22(13-23)26(21-7-3-8-21)27-19(2)33-35-34-27/h4,9-10,12-13,16-18,21,26H,3,5-8,11,14-15H2,1-2H3,(H,33,34,35)/t18-,26-/m0/s1. The molecule has 2 fully saturated rings. The lowest BCUT2D eigenvalue weighted by Gasteiger charge is -2.33. The number of piperidine rings is 1. The van der Waals surface area contributed by atoms with E-state index in [2.05, 4.69) is 27.2 Å². The number of imidazole rings is 1. The van der Waals surface area contributed by atoms with Crippen molar-refractivity contribution in [1.29, 1.82) is 0 Å². The fraction of sp³-hybridized carbons (Fsp3) is 0.483. The Morgan fingerprint density at radius 2 is 1.92 bits per heavy atom. The fourth-order valence-electron chi connectivity index (χ4n) is 6.31. The zero-order chi connectivity index (χ0) is 27.3. The Hall–Kier alpha value is -3.40. The van der Waals surface area contributed by atoms with Crippen molar-refractivity contribution in [2.45, 2.75) is 64.6 Å². The lowest BCUT2D eigenvalue weighted by atomic mass is 9.71. The second kappa shape index (κ2) is 9.97. The number of hydrogen-bond donors (Lipinski definition) is 1. The molecule has 2 atom stereocenters. The number of rotatable bonds is 6. The Morgan fingerprint density at radius 3 is 2.59 bits per heavy atom. The first-order chi connectivity index (χ1) is 18.7. The molecule has 0 amide bonds. The molecule has 1 aliphatic heterocycles. The highest BCUT2D eigenvalue weighted by Gasteiger charge is 2.35. The number of pyridine rings is 1. The molecule has 1 aliphatic carbocycles. The Morgan fingerprint density at radius 1 is 1.10 bits per heavy atom. The van der Waals surface area contributed by atoms with Crippen LogP contribution in [0.15, 0.2) is 47.5 Å². The van der Waals surface area contributed by atoms with E-state index in [4.69, 9.17) is 0 Å². The van der Waals surface area contributed by atoms with E-state index in [0.717, 1.165) is 66.5 Å². The topological polar surface area (TPSA) is 71.2 Å². The lowest BCUT2D eigenvalue weighted by molar-refractivity contribution is -0.136. The molecule has 10 heteroatoms. The van der Waals surface area contributed by atoms with Gasteiger partial charge in [-0.1, -0.05) is 25.5 Å². The fourth-order valence-corrected chi connectivity index (χ4v) is 6.31. The van der Waals surface area contributed by atoms with Crippen LogP contribution in [0, 0.1) is 18.8 Å². The van der Waals surface area contributed by atoms with Crippen LogP contribution in [0.1, 0.15) is 73.0 Å². The van der Waals surface area contributed by atoms with Gasteiger partial charge in [0.05, 0.1) is 28.2 Å². The number of aromatic amines is 1. The molecule has 0 bridgehead atoms. The molecule has 1 aromatic carbocycles. The van der Waals surface area contributed by atoms with Gasteiger partial charge in [-0.25, -0.2) is 4.79 Å². The van der Waals surface area contributed by atoms with Crippen LogP contribution >= 0.6 is 0 Å². The molecule has 39 heavy (non-hydrogen) atoms. The minimum Gasteiger partial charge on any atom is -0.299 e. The van der Waals surface area contributed by atoms with Gasteiger partial charge in [-0.3, -0.25) is 13.9 Å². The van der Waals surface area contributed by atoms with E-state index < -0.39 is 17.4 Å². The number of nitrogens with zero attached hydrogens (tertiary/aromatic N) is 5. The number of fused-ring (bicyclic) bond motifs is 1. The van der Waals surface area contributed by atoms with Gasteiger partial charge in [0.25, 0.3) is 0 Å². The van der Waals surface area contributed by atoms with Crippen LogP contribution in [0.3, 0.4) is 0 Å². The van der Waals surface area contributed by atoms with E-state index >= 15 is 0 Å². The number of halogens is 3. The van der Waals surface area contributed by atoms with Crippen LogP contribution < -0.4 is 5.69 Å². The van der Waals surface area contributed by atoms with Gasteiger partial charge in [0.2, 0.25) is 0 Å². The molecule has 7 nitrogen and oxygen atoms in total. The lowest BCUT2D eigenvalue weighted by Crippen LogP contribution is -2.34. The van der Waals surface area contributed by atoms with Gasteiger partial charge in [0.1, 0.15) is 0 Å². The minimum atomic E-state index is -4.59. The van der Waals surface area contributed by atoms with Crippen LogP contribution in [0.4, 0.5) is 13.2 Å². The molecule has 4 aromatic rings. The maximum Gasteiger partial charge on any atom is 0.418 e. The first-order valence-corrected chi connectivity index (χ1v) is 13.7. The number of benzene rings is 1. The molecule has 1 N–H and O–H groups in total. The summed E-state index contributed by atoms with van der Waals surface area (Å²) in [6, 6.07) is 8.73. The van der Waals surface area contributed by atoms with Crippen LogP contribution in [0.25, 0.3) is 11.2 Å². The maximum absolute atomic E-state index is 14.2. The number of likely N-dealkylation sites (tertiary alicyclic amines) is 1. The number of alkyl halides is 3. The summed E-state index contributed by atoms with van der Waals surface area (Å²) in [6.45, 7) is 6.15. The van der Waals surface area contributed by atoms with E-state index in [1.807, 2.05) is 25.1 Å². The number of nitrogens with one attached hydrogen (secondary N) is 1. The Bertz CT molecular complexity index is 1550. The van der Waals surface area contributed by atoms with Gasteiger partial charge in [-0.15, -0.1) is 0 Å². The molecule has 6 rings (SSSR count). The summed E-state index contributed by atoms with van der Waals surface area (Å²) in [6.07, 6.45) is 3.76. The predicted octanol–water partition coefficient (Wildman–Crippen LogP) is 5.70. The first-order valence-electron chi connectivity index (χ1n) is 13.7. The van der Waals surface area contributed by atoms with Gasteiger partial charge >= 0.3 is 11.9 Å². The molecule has 0 unspecified atom stereocenters. The molecule has 2 aliphatic rings. The maximum atomic E-state index is 14.2. The van der Waals surface area contributed by atoms with Crippen molar-refractivity contribution in [3.05, 3.63) is 81.3 Å². The zero-order valence-corrected chi connectivity index (χ0v) is 22.2. The van der Waals surface area contributed by atoms with Gasteiger partial charge in [-0.05, 0) is 80.3 Å². The summed E-state index contributed by atoms with van der Waals surface area (Å²) in [5.41, 5.74) is 2.26. The van der Waals surface area contributed by atoms with Crippen LogP contribution in [0.5, 0.6) is 0 Å². The largest absolute Gasteiger partial charge is 0.418 e. The number of H-pyrrole nitrogens is 1. The summed E-state index contributed by atoms with van der Waals surface area (Å²) in [5, 5.41) is 11.3. The second-order valence-corrected chi connectivity index (χ2v) is 11.3. The van der Waals surface area contributed by atoms with Crippen molar-refractivity contribution in [3.8, 4) is 5.69 Å². The van der Waals surface area contributed by atoms with E-state index in [9.17, 15) is 18.0 Å². The van der Waals surface area contributed by atoms with E-state index in [-0.39, 0.29) is 11.4 Å². The molecular weight excluding hydrogens is 505 g/mol. The highest BCUT2D eigenvalue weighted by atomic mass is 19.4. The monoisotopic (exact) mass is 538 g/mol. The average molecular weight is 539 g/mol. The third-order valence-electron chi connectivity index (χ3n) is 8.46. The van der Waals surface area contributed by atoms with Crippen molar-refractivity contribution in [3.63, 3.8) is 0 Å². The van der Waals surface area contributed by atoms with Crippen molar-refractivity contribution in [1.82, 2.24) is 29.3 Å². The highest BCUT2D eigenvalue weighted by Crippen LogP contribution is 2.43. The number of aryl methyl sites for hydroxylation is 1. The molecule has 0 radical (unpaired) electrons.